The Labute approximate surface area is 341 Å². The van der Waals surface area contributed by atoms with Gasteiger partial charge in [-0.3, -0.25) is 0 Å². The second-order valence-corrected chi connectivity index (χ2v) is 15.3. The summed E-state index contributed by atoms with van der Waals surface area (Å²) in [5.74, 6) is 0. The Kier molecular flexibility index (Phi) is 7.54. The Morgan fingerprint density at radius 1 is 0.339 bits per heavy atom. The zero-order valence-corrected chi connectivity index (χ0v) is 32.1. The van der Waals surface area contributed by atoms with Crippen LogP contribution in [0.5, 0.6) is 0 Å². The van der Waals surface area contributed by atoms with Gasteiger partial charge in [0.2, 0.25) is 0 Å². The van der Waals surface area contributed by atoms with Gasteiger partial charge in [-0.05, 0) is 117 Å². The van der Waals surface area contributed by atoms with E-state index in [-0.39, 0.29) is 0 Å². The third-order valence-corrected chi connectivity index (χ3v) is 11.9. The summed E-state index contributed by atoms with van der Waals surface area (Å²) in [6.07, 6.45) is 0. The Bertz CT molecular complexity index is 3540. The number of para-hydroxylation sites is 2. The summed E-state index contributed by atoms with van der Waals surface area (Å²) in [7, 11) is 0. The second kappa shape index (κ2) is 13.4. The molecule has 3 heteroatoms. The smallest absolute Gasteiger partial charge is 0.138 e. The molecule has 0 amide bonds. The molecule has 0 saturated carbocycles. The van der Waals surface area contributed by atoms with Gasteiger partial charge in [0.05, 0.1) is 22.1 Å². The van der Waals surface area contributed by atoms with Crippen molar-refractivity contribution in [3.05, 3.63) is 218 Å². The van der Waals surface area contributed by atoms with Gasteiger partial charge in [-0.25, -0.2) is 0 Å². The van der Waals surface area contributed by atoms with Crippen LogP contribution in [0.1, 0.15) is 0 Å². The maximum atomic E-state index is 6.92. The fraction of sp³-hybridized carbons (Fsp3) is 0. The predicted octanol–water partition coefficient (Wildman–Crippen LogP) is 15.8. The first-order valence-corrected chi connectivity index (χ1v) is 20.2. The van der Waals surface area contributed by atoms with Crippen molar-refractivity contribution >= 4 is 82.4 Å². The van der Waals surface area contributed by atoms with E-state index in [0.717, 1.165) is 55.8 Å². The number of aromatic nitrogens is 1. The van der Waals surface area contributed by atoms with Crippen molar-refractivity contribution < 1.29 is 4.42 Å². The highest BCUT2D eigenvalue weighted by atomic mass is 16.3. The summed E-state index contributed by atoms with van der Waals surface area (Å²) in [5.41, 5.74) is 13.0. The standard InChI is InChI=1S/C56H36N2O/c1-3-13-37(14-4-1)39-23-28-45(29-24-39)57(46-30-25-38-15-7-8-17-41(38)33-46)52-35-43(36-54-56(52)55-47-20-10-9-16-40(47)27-32-53(55)59-54)42-26-31-51-49(34-42)48-21-11-12-22-50(48)58(51)44-18-5-2-6-19-44/h1-36H. The van der Waals surface area contributed by atoms with Gasteiger partial charge < -0.3 is 13.9 Å². The number of nitrogens with zero attached hydrogens (tertiary/aromatic N) is 2. The van der Waals surface area contributed by atoms with Crippen LogP contribution in [0.25, 0.3) is 93.2 Å². The first-order valence-electron chi connectivity index (χ1n) is 20.2. The third-order valence-electron chi connectivity index (χ3n) is 11.9. The molecular formula is C56H36N2O. The molecule has 0 bridgehead atoms. The van der Waals surface area contributed by atoms with Crippen LogP contribution in [-0.4, -0.2) is 4.57 Å². The number of benzene rings is 10. The van der Waals surface area contributed by atoms with Gasteiger partial charge in [-0.1, -0.05) is 146 Å². The Hall–Kier alpha value is -7.88. The highest BCUT2D eigenvalue weighted by Gasteiger charge is 2.23. The van der Waals surface area contributed by atoms with E-state index in [0.29, 0.717) is 0 Å². The van der Waals surface area contributed by atoms with Crippen LogP contribution in [0.4, 0.5) is 17.1 Å². The molecule has 0 saturated heterocycles. The molecule has 2 heterocycles. The van der Waals surface area contributed by atoms with Gasteiger partial charge in [0.15, 0.2) is 0 Å². The lowest BCUT2D eigenvalue weighted by molar-refractivity contribution is 0.669. The quantitative estimate of drug-likeness (QED) is 0.169. The fourth-order valence-electron chi connectivity index (χ4n) is 9.17. The number of hydrogen-bond donors (Lipinski definition) is 0. The minimum atomic E-state index is 0.849. The monoisotopic (exact) mass is 752 g/mol. The number of rotatable bonds is 6. The summed E-state index contributed by atoms with van der Waals surface area (Å²) in [6, 6.07) is 78.7. The zero-order valence-electron chi connectivity index (χ0n) is 32.1. The number of hydrogen-bond acceptors (Lipinski definition) is 2. The van der Waals surface area contributed by atoms with Crippen molar-refractivity contribution in [1.82, 2.24) is 4.57 Å². The maximum Gasteiger partial charge on any atom is 0.138 e. The Balaban J connectivity index is 1.15. The average molecular weight is 753 g/mol. The highest BCUT2D eigenvalue weighted by molar-refractivity contribution is 6.24. The SMILES string of the molecule is c1ccc(-c2ccc(N(c3ccc4ccccc4c3)c3cc(-c4ccc5c(c4)c4ccccc4n5-c4ccccc4)cc4oc5ccc6ccccc6c5c34)cc2)cc1. The van der Waals surface area contributed by atoms with Gasteiger partial charge in [0.25, 0.3) is 0 Å². The molecule has 0 aliphatic carbocycles. The minimum Gasteiger partial charge on any atom is -0.456 e. The van der Waals surface area contributed by atoms with Crippen molar-refractivity contribution in [2.45, 2.75) is 0 Å². The fourth-order valence-corrected chi connectivity index (χ4v) is 9.17. The van der Waals surface area contributed by atoms with Gasteiger partial charge in [-0.2, -0.15) is 0 Å². The van der Waals surface area contributed by atoms with E-state index < -0.39 is 0 Å². The second-order valence-electron chi connectivity index (χ2n) is 15.3. The first kappa shape index (κ1) is 33.3. The van der Waals surface area contributed by atoms with Crippen molar-refractivity contribution in [3.63, 3.8) is 0 Å². The lowest BCUT2D eigenvalue weighted by Crippen LogP contribution is -2.10. The highest BCUT2D eigenvalue weighted by Crippen LogP contribution is 2.48. The molecule has 59 heavy (non-hydrogen) atoms. The van der Waals surface area contributed by atoms with Crippen LogP contribution >= 0.6 is 0 Å². The number of fused-ring (bicyclic) bond motifs is 9. The summed E-state index contributed by atoms with van der Waals surface area (Å²) in [6.45, 7) is 0. The topological polar surface area (TPSA) is 21.3 Å². The molecule has 10 aromatic carbocycles. The van der Waals surface area contributed by atoms with Crippen LogP contribution in [-0.2, 0) is 0 Å². The predicted molar refractivity (Wildman–Crippen MR) is 249 cm³/mol. The van der Waals surface area contributed by atoms with Crippen LogP contribution < -0.4 is 4.90 Å². The van der Waals surface area contributed by atoms with Gasteiger partial charge >= 0.3 is 0 Å². The van der Waals surface area contributed by atoms with Crippen LogP contribution in [0.3, 0.4) is 0 Å². The molecule has 0 aliphatic heterocycles. The Morgan fingerprint density at radius 3 is 1.80 bits per heavy atom. The van der Waals surface area contributed by atoms with Crippen molar-refractivity contribution in [3.8, 4) is 27.9 Å². The molecule has 3 nitrogen and oxygen atoms in total. The van der Waals surface area contributed by atoms with Crippen molar-refractivity contribution in [1.29, 1.82) is 0 Å². The van der Waals surface area contributed by atoms with Crippen molar-refractivity contribution in [2.75, 3.05) is 4.90 Å². The van der Waals surface area contributed by atoms with Gasteiger partial charge in [0, 0.05) is 33.2 Å². The summed E-state index contributed by atoms with van der Waals surface area (Å²) in [4.78, 5) is 2.42. The van der Waals surface area contributed by atoms with E-state index in [1.165, 1.54) is 54.5 Å². The normalized spacial score (nSPS) is 11.7. The molecule has 0 spiro atoms. The number of anilines is 3. The van der Waals surface area contributed by atoms with Crippen molar-refractivity contribution in [2.24, 2.45) is 0 Å². The Morgan fingerprint density at radius 2 is 0.966 bits per heavy atom. The molecule has 12 rings (SSSR count). The lowest BCUT2D eigenvalue weighted by Gasteiger charge is -2.27. The van der Waals surface area contributed by atoms with Crippen LogP contribution in [0.2, 0.25) is 0 Å². The maximum absolute atomic E-state index is 6.92. The lowest BCUT2D eigenvalue weighted by atomic mass is 9.97. The molecule has 0 fully saturated rings. The van der Waals surface area contributed by atoms with E-state index in [4.69, 9.17) is 4.42 Å². The minimum absolute atomic E-state index is 0.849. The van der Waals surface area contributed by atoms with Crippen LogP contribution in [0, 0.1) is 0 Å². The molecular weight excluding hydrogens is 717 g/mol. The average Bonchev–Trinajstić information content (AvgIpc) is 3.86. The largest absolute Gasteiger partial charge is 0.456 e. The summed E-state index contributed by atoms with van der Waals surface area (Å²) >= 11 is 0. The van der Waals surface area contributed by atoms with E-state index in [9.17, 15) is 0 Å². The number of furan rings is 1. The summed E-state index contributed by atoms with van der Waals surface area (Å²) in [5, 5.41) is 9.38. The summed E-state index contributed by atoms with van der Waals surface area (Å²) < 4.78 is 9.29. The molecule has 0 unspecified atom stereocenters. The zero-order chi connectivity index (χ0) is 38.9. The molecule has 12 aromatic rings. The van der Waals surface area contributed by atoms with Gasteiger partial charge in [0.1, 0.15) is 11.2 Å². The molecule has 0 N–H and O–H groups in total. The molecule has 0 radical (unpaired) electrons. The van der Waals surface area contributed by atoms with Gasteiger partial charge in [-0.15, -0.1) is 0 Å². The first-order chi connectivity index (χ1) is 29.2. The van der Waals surface area contributed by atoms with E-state index >= 15 is 0 Å². The van der Waals surface area contributed by atoms with E-state index in [2.05, 4.69) is 228 Å². The third kappa shape index (κ3) is 5.44. The van der Waals surface area contributed by atoms with E-state index in [1.54, 1.807) is 0 Å². The molecule has 276 valence electrons. The van der Waals surface area contributed by atoms with E-state index in [1.807, 2.05) is 0 Å². The molecule has 2 aromatic heterocycles. The molecule has 0 aliphatic rings. The molecule has 0 atom stereocenters. The van der Waals surface area contributed by atoms with Crippen LogP contribution in [0.15, 0.2) is 223 Å².